The van der Waals surface area contributed by atoms with Crippen LogP contribution in [0.5, 0.6) is 5.75 Å². The van der Waals surface area contributed by atoms with E-state index in [1.807, 2.05) is 6.07 Å². The molecule has 0 saturated carbocycles. The molecule has 2 aliphatic rings. The number of nitrogens with zero attached hydrogens (tertiary/aromatic N) is 5. The summed E-state index contributed by atoms with van der Waals surface area (Å²) in [7, 11) is 0. The molecule has 0 spiro atoms. The van der Waals surface area contributed by atoms with Crippen molar-refractivity contribution in [2.24, 2.45) is 0 Å². The molecule has 0 amide bonds. The van der Waals surface area contributed by atoms with Crippen molar-refractivity contribution in [1.82, 2.24) is 24.8 Å². The maximum Gasteiger partial charge on any atom is 0.233 e. The monoisotopic (exact) mass is 472 g/mol. The van der Waals surface area contributed by atoms with Gasteiger partial charge in [0.25, 0.3) is 0 Å². The first-order valence-corrected chi connectivity index (χ1v) is 12.5. The number of benzene rings is 1. The van der Waals surface area contributed by atoms with Gasteiger partial charge >= 0.3 is 0 Å². The third kappa shape index (κ3) is 7.14. The summed E-state index contributed by atoms with van der Waals surface area (Å²) in [6.07, 6.45) is 6.28. The molecule has 9 nitrogen and oxygen atoms in total. The molecule has 1 atom stereocenters. The van der Waals surface area contributed by atoms with Crippen LogP contribution in [0.25, 0.3) is 0 Å². The number of hydrogen-bond acceptors (Lipinski definition) is 9. The van der Waals surface area contributed by atoms with Gasteiger partial charge in [-0.05, 0) is 64.0 Å². The van der Waals surface area contributed by atoms with Crippen molar-refractivity contribution in [3.8, 4) is 5.75 Å². The molecule has 1 aromatic carbocycles. The molecule has 186 valence electrons. The van der Waals surface area contributed by atoms with E-state index in [9.17, 15) is 4.39 Å². The van der Waals surface area contributed by atoms with Crippen molar-refractivity contribution in [2.75, 3.05) is 68.6 Å². The number of aromatic nitrogens is 3. The van der Waals surface area contributed by atoms with Gasteiger partial charge < -0.3 is 25.6 Å². The maximum absolute atomic E-state index is 12.6. The first-order valence-electron chi connectivity index (χ1n) is 12.5. The van der Waals surface area contributed by atoms with E-state index in [4.69, 9.17) is 4.74 Å². The first-order chi connectivity index (χ1) is 16.7. The Morgan fingerprint density at radius 3 is 2.59 bits per heavy atom. The Bertz CT molecular complexity index is 895. The number of ether oxygens (including phenoxy) is 1. The SMILES string of the molecule is CCN1CCCC1CNc1nc(NCCN2CCCCC2)nc(Nc2cccc(OCF)c2)n1. The van der Waals surface area contributed by atoms with Gasteiger partial charge in [0.1, 0.15) is 5.75 Å². The molecule has 1 aromatic heterocycles. The highest BCUT2D eigenvalue weighted by atomic mass is 19.1. The van der Waals surface area contributed by atoms with E-state index >= 15 is 0 Å². The lowest BCUT2D eigenvalue weighted by Gasteiger charge is -2.26. The number of rotatable bonds is 12. The minimum absolute atomic E-state index is 0.425. The van der Waals surface area contributed by atoms with Gasteiger partial charge in [0.2, 0.25) is 24.7 Å². The van der Waals surface area contributed by atoms with Crippen molar-refractivity contribution >= 4 is 23.5 Å². The molecule has 10 heteroatoms. The van der Waals surface area contributed by atoms with Crippen molar-refractivity contribution in [1.29, 1.82) is 0 Å². The van der Waals surface area contributed by atoms with E-state index in [1.54, 1.807) is 18.2 Å². The molecule has 4 rings (SSSR count). The van der Waals surface area contributed by atoms with Crippen molar-refractivity contribution in [3.63, 3.8) is 0 Å². The molecule has 0 radical (unpaired) electrons. The Labute approximate surface area is 201 Å². The van der Waals surface area contributed by atoms with Gasteiger partial charge in [-0.1, -0.05) is 19.4 Å². The normalized spacial score (nSPS) is 19.2. The molecule has 2 aliphatic heterocycles. The molecule has 1 unspecified atom stereocenters. The summed E-state index contributed by atoms with van der Waals surface area (Å²) in [4.78, 5) is 18.7. The van der Waals surface area contributed by atoms with Crippen molar-refractivity contribution in [2.45, 2.75) is 45.1 Å². The van der Waals surface area contributed by atoms with Crippen LogP contribution in [-0.4, -0.2) is 83.5 Å². The van der Waals surface area contributed by atoms with Crippen LogP contribution in [0.3, 0.4) is 0 Å². The van der Waals surface area contributed by atoms with Crippen molar-refractivity contribution < 1.29 is 9.13 Å². The highest BCUT2D eigenvalue weighted by molar-refractivity contribution is 5.57. The van der Waals surface area contributed by atoms with Gasteiger partial charge in [-0.15, -0.1) is 0 Å². The van der Waals surface area contributed by atoms with E-state index in [0.717, 1.165) is 51.5 Å². The fourth-order valence-electron chi connectivity index (χ4n) is 4.71. The predicted octanol–water partition coefficient (Wildman–Crippen LogP) is 3.72. The Balaban J connectivity index is 1.43. The zero-order chi connectivity index (χ0) is 23.6. The molecule has 3 N–H and O–H groups in total. The number of hydrogen-bond donors (Lipinski definition) is 3. The van der Waals surface area contributed by atoms with Crippen LogP contribution in [0.15, 0.2) is 24.3 Å². The Morgan fingerprint density at radius 1 is 1.00 bits per heavy atom. The molecule has 2 fully saturated rings. The summed E-state index contributed by atoms with van der Waals surface area (Å²) >= 11 is 0. The summed E-state index contributed by atoms with van der Waals surface area (Å²) in [5, 5.41) is 10.00. The van der Waals surface area contributed by atoms with Crippen LogP contribution >= 0.6 is 0 Å². The van der Waals surface area contributed by atoms with Crippen LogP contribution in [0, 0.1) is 0 Å². The number of nitrogens with one attached hydrogen (secondary N) is 3. The number of piperidine rings is 1. The number of likely N-dealkylation sites (tertiary alicyclic amines) is 2. The van der Waals surface area contributed by atoms with E-state index < -0.39 is 6.86 Å². The molecule has 0 bridgehead atoms. The maximum atomic E-state index is 12.6. The Hall–Kier alpha value is -2.72. The van der Waals surface area contributed by atoms with E-state index in [1.165, 1.54) is 32.1 Å². The average molecular weight is 473 g/mol. The number of alkyl halides is 1. The second kappa shape index (κ2) is 12.7. The Morgan fingerprint density at radius 2 is 1.79 bits per heavy atom. The smallest absolute Gasteiger partial charge is 0.233 e. The third-order valence-electron chi connectivity index (χ3n) is 6.51. The van der Waals surface area contributed by atoms with Gasteiger partial charge in [-0.2, -0.15) is 15.0 Å². The summed E-state index contributed by atoms with van der Waals surface area (Å²) in [5.74, 6) is 1.94. The molecule has 0 aliphatic carbocycles. The van der Waals surface area contributed by atoms with Crippen LogP contribution in [0.1, 0.15) is 39.0 Å². The fourth-order valence-corrected chi connectivity index (χ4v) is 4.71. The molecule has 3 heterocycles. The van der Waals surface area contributed by atoms with Gasteiger partial charge in [0.05, 0.1) is 0 Å². The lowest BCUT2D eigenvalue weighted by Crippen LogP contribution is -2.35. The van der Waals surface area contributed by atoms with Crippen molar-refractivity contribution in [3.05, 3.63) is 24.3 Å². The van der Waals surface area contributed by atoms with Crippen LogP contribution in [-0.2, 0) is 0 Å². The van der Waals surface area contributed by atoms with E-state index in [-0.39, 0.29) is 0 Å². The zero-order valence-electron chi connectivity index (χ0n) is 20.1. The second-order valence-electron chi connectivity index (χ2n) is 8.85. The average Bonchev–Trinajstić information content (AvgIpc) is 3.32. The second-order valence-corrected chi connectivity index (χ2v) is 8.85. The Kier molecular flexibility index (Phi) is 9.09. The molecular formula is C24H37FN8O. The van der Waals surface area contributed by atoms with E-state index in [2.05, 4.69) is 47.6 Å². The van der Waals surface area contributed by atoms with Gasteiger partial charge in [-0.25, -0.2) is 4.39 Å². The van der Waals surface area contributed by atoms with Gasteiger partial charge in [0, 0.05) is 37.4 Å². The van der Waals surface area contributed by atoms with Gasteiger partial charge in [0.15, 0.2) is 0 Å². The predicted molar refractivity (Wildman–Crippen MR) is 134 cm³/mol. The topological polar surface area (TPSA) is 90.5 Å². The van der Waals surface area contributed by atoms with Crippen LogP contribution in [0.2, 0.25) is 0 Å². The number of halogens is 1. The van der Waals surface area contributed by atoms with Crippen LogP contribution in [0.4, 0.5) is 27.9 Å². The lowest BCUT2D eigenvalue weighted by atomic mass is 10.1. The number of anilines is 4. The fraction of sp³-hybridized carbons (Fsp3) is 0.625. The highest BCUT2D eigenvalue weighted by Crippen LogP contribution is 2.22. The quantitative estimate of drug-likeness (QED) is 0.428. The van der Waals surface area contributed by atoms with Gasteiger partial charge in [-0.3, -0.25) is 4.90 Å². The highest BCUT2D eigenvalue weighted by Gasteiger charge is 2.23. The first kappa shape index (κ1) is 24.4. The lowest BCUT2D eigenvalue weighted by molar-refractivity contribution is 0.192. The molecular weight excluding hydrogens is 435 g/mol. The zero-order valence-corrected chi connectivity index (χ0v) is 20.1. The summed E-state index contributed by atoms with van der Waals surface area (Å²) in [6.45, 7) is 8.38. The van der Waals surface area contributed by atoms with E-state index in [0.29, 0.717) is 29.6 Å². The molecule has 2 saturated heterocycles. The summed E-state index contributed by atoms with van der Waals surface area (Å²) in [5.41, 5.74) is 0.718. The minimum atomic E-state index is -0.871. The minimum Gasteiger partial charge on any atom is -0.463 e. The summed E-state index contributed by atoms with van der Waals surface area (Å²) in [6, 6.07) is 7.58. The standard InChI is InChI=1S/C24H37FN8O/c1-2-33-14-7-9-20(33)17-27-23-29-22(26-11-15-32-12-4-3-5-13-32)30-24(31-23)28-19-8-6-10-21(16-19)34-18-25/h6,8,10,16,20H,2-5,7,9,11-15,17-18H2,1H3,(H3,26,27,28,29,30,31). The summed E-state index contributed by atoms with van der Waals surface area (Å²) < 4.78 is 17.5. The molecule has 2 aromatic rings. The largest absolute Gasteiger partial charge is 0.463 e. The third-order valence-corrected chi connectivity index (χ3v) is 6.51. The molecule has 34 heavy (non-hydrogen) atoms. The number of likely N-dealkylation sites (N-methyl/N-ethyl adjacent to an activating group) is 1. The van der Waals surface area contributed by atoms with Crippen LogP contribution < -0.4 is 20.7 Å².